The number of para-hydroxylation sites is 1. The Kier molecular flexibility index (Phi) is 5.55. The van der Waals surface area contributed by atoms with E-state index in [4.69, 9.17) is 9.84 Å². The van der Waals surface area contributed by atoms with Gasteiger partial charge in [-0.3, -0.25) is 4.79 Å². The molecule has 0 saturated heterocycles. The first kappa shape index (κ1) is 16.0. The third-order valence-corrected chi connectivity index (χ3v) is 3.42. The van der Waals surface area contributed by atoms with Crippen LogP contribution < -0.4 is 10.1 Å². The van der Waals surface area contributed by atoms with Gasteiger partial charge in [0.05, 0.1) is 6.61 Å². The largest absolute Gasteiger partial charge is 0.481 e. The number of aryl methyl sites for hydroxylation is 1. The fourth-order valence-electron chi connectivity index (χ4n) is 2.16. The number of aliphatic hydroxyl groups is 1. The minimum atomic E-state index is -0.626. The van der Waals surface area contributed by atoms with Gasteiger partial charge in [0.1, 0.15) is 5.75 Å². The van der Waals surface area contributed by atoms with Gasteiger partial charge in [0.2, 0.25) is 0 Å². The number of ether oxygens (including phenoxy) is 1. The smallest absolute Gasteiger partial charge is 0.265 e. The van der Waals surface area contributed by atoms with Crippen molar-refractivity contribution in [1.82, 2.24) is 0 Å². The maximum atomic E-state index is 12.3. The molecule has 0 fully saturated rings. The van der Waals surface area contributed by atoms with Crippen LogP contribution in [-0.4, -0.2) is 17.1 Å². The second kappa shape index (κ2) is 7.61. The summed E-state index contributed by atoms with van der Waals surface area (Å²) in [4.78, 5) is 12.3. The molecule has 1 atom stereocenters. The van der Waals surface area contributed by atoms with Crippen molar-refractivity contribution >= 4 is 11.6 Å². The molecule has 4 nitrogen and oxygen atoms in total. The van der Waals surface area contributed by atoms with Crippen molar-refractivity contribution in [2.75, 3.05) is 5.32 Å². The Morgan fingerprint density at radius 2 is 2.00 bits per heavy atom. The molecule has 4 heteroatoms. The Balaban J connectivity index is 2.02. The van der Waals surface area contributed by atoms with Crippen LogP contribution in [0.2, 0.25) is 0 Å². The topological polar surface area (TPSA) is 58.6 Å². The van der Waals surface area contributed by atoms with Gasteiger partial charge in [-0.1, -0.05) is 37.3 Å². The van der Waals surface area contributed by atoms with E-state index in [2.05, 4.69) is 5.32 Å². The van der Waals surface area contributed by atoms with Gasteiger partial charge in [-0.15, -0.1) is 0 Å². The summed E-state index contributed by atoms with van der Waals surface area (Å²) < 4.78 is 5.64. The van der Waals surface area contributed by atoms with E-state index in [0.717, 1.165) is 23.2 Å². The van der Waals surface area contributed by atoms with Crippen molar-refractivity contribution < 1.29 is 14.6 Å². The maximum Gasteiger partial charge on any atom is 0.265 e. The van der Waals surface area contributed by atoms with Gasteiger partial charge < -0.3 is 15.2 Å². The number of carbonyl (C=O) groups is 1. The third-order valence-electron chi connectivity index (χ3n) is 3.42. The third kappa shape index (κ3) is 4.09. The van der Waals surface area contributed by atoms with Gasteiger partial charge in [-0.05, 0) is 42.7 Å². The van der Waals surface area contributed by atoms with Crippen LogP contribution in [0.4, 0.5) is 5.69 Å². The van der Waals surface area contributed by atoms with E-state index in [9.17, 15) is 4.79 Å². The van der Waals surface area contributed by atoms with E-state index < -0.39 is 6.10 Å². The number of hydrogen-bond donors (Lipinski definition) is 2. The first-order chi connectivity index (χ1) is 10.6. The zero-order chi connectivity index (χ0) is 15.9. The van der Waals surface area contributed by atoms with E-state index in [1.807, 2.05) is 31.2 Å². The molecule has 22 heavy (non-hydrogen) atoms. The fraction of sp³-hybridized carbons (Fsp3) is 0.278. The number of aliphatic hydroxyl groups excluding tert-OH is 1. The van der Waals surface area contributed by atoms with Crippen molar-refractivity contribution in [3.63, 3.8) is 0 Å². The first-order valence-electron chi connectivity index (χ1n) is 7.39. The van der Waals surface area contributed by atoms with Gasteiger partial charge in [-0.2, -0.15) is 0 Å². The maximum absolute atomic E-state index is 12.3. The fourth-order valence-corrected chi connectivity index (χ4v) is 2.16. The average Bonchev–Trinajstić information content (AvgIpc) is 2.55. The van der Waals surface area contributed by atoms with E-state index in [1.165, 1.54) is 0 Å². The van der Waals surface area contributed by atoms with Gasteiger partial charge in [-0.25, -0.2) is 0 Å². The molecule has 0 aliphatic carbocycles. The lowest BCUT2D eigenvalue weighted by atomic mass is 10.1. The van der Waals surface area contributed by atoms with Gasteiger partial charge in [0, 0.05) is 5.69 Å². The highest BCUT2D eigenvalue weighted by Gasteiger charge is 2.16. The molecule has 0 bridgehead atoms. The number of rotatable bonds is 6. The molecule has 2 rings (SSSR count). The minimum absolute atomic E-state index is 0.0539. The van der Waals surface area contributed by atoms with Gasteiger partial charge >= 0.3 is 0 Å². The van der Waals surface area contributed by atoms with E-state index in [1.54, 1.807) is 31.2 Å². The molecule has 0 heterocycles. The summed E-state index contributed by atoms with van der Waals surface area (Å²) in [6.45, 7) is 3.70. The van der Waals surface area contributed by atoms with Crippen LogP contribution in [0, 0.1) is 0 Å². The van der Waals surface area contributed by atoms with Crippen LogP contribution in [0.1, 0.15) is 25.0 Å². The lowest BCUT2D eigenvalue weighted by Crippen LogP contribution is -2.30. The van der Waals surface area contributed by atoms with Crippen LogP contribution >= 0.6 is 0 Å². The standard InChI is InChI=1S/C18H21NO3/c1-3-15-8-4-5-10-17(15)19-18(21)13(2)22-16-9-6-7-14(11-16)12-20/h4-11,13,20H,3,12H2,1-2H3,(H,19,21). The molecule has 0 spiro atoms. The molecule has 2 aromatic carbocycles. The Morgan fingerprint density at radius 1 is 1.23 bits per heavy atom. The van der Waals surface area contributed by atoms with Gasteiger partial charge in [0.25, 0.3) is 5.91 Å². The Morgan fingerprint density at radius 3 is 2.73 bits per heavy atom. The summed E-state index contributed by atoms with van der Waals surface area (Å²) in [6.07, 6.45) is 0.225. The minimum Gasteiger partial charge on any atom is -0.481 e. The Hall–Kier alpha value is -2.33. The van der Waals surface area contributed by atoms with E-state index in [0.29, 0.717) is 5.75 Å². The Labute approximate surface area is 130 Å². The highest BCUT2D eigenvalue weighted by atomic mass is 16.5. The van der Waals surface area contributed by atoms with Crippen molar-refractivity contribution in [1.29, 1.82) is 0 Å². The van der Waals surface area contributed by atoms with E-state index in [-0.39, 0.29) is 12.5 Å². The summed E-state index contributed by atoms with van der Waals surface area (Å²) in [6, 6.07) is 14.8. The molecule has 0 aliphatic heterocycles. The van der Waals surface area contributed by atoms with Crippen molar-refractivity contribution in [2.45, 2.75) is 33.0 Å². The highest BCUT2D eigenvalue weighted by molar-refractivity contribution is 5.94. The second-order valence-corrected chi connectivity index (χ2v) is 5.07. The molecular weight excluding hydrogens is 278 g/mol. The highest BCUT2D eigenvalue weighted by Crippen LogP contribution is 2.18. The van der Waals surface area contributed by atoms with Crippen molar-refractivity contribution in [3.8, 4) is 5.75 Å². The number of amides is 1. The molecule has 0 aliphatic rings. The monoisotopic (exact) mass is 299 g/mol. The van der Waals surface area contributed by atoms with Crippen molar-refractivity contribution in [3.05, 3.63) is 59.7 Å². The normalized spacial score (nSPS) is 11.8. The summed E-state index contributed by atoms with van der Waals surface area (Å²) >= 11 is 0. The average molecular weight is 299 g/mol. The van der Waals surface area contributed by atoms with Crippen LogP contribution in [0.25, 0.3) is 0 Å². The molecule has 2 aromatic rings. The molecular formula is C18H21NO3. The SMILES string of the molecule is CCc1ccccc1NC(=O)C(C)Oc1cccc(CO)c1. The predicted molar refractivity (Wildman–Crippen MR) is 86.9 cm³/mol. The first-order valence-corrected chi connectivity index (χ1v) is 7.39. The van der Waals surface area contributed by atoms with Crippen LogP contribution in [-0.2, 0) is 17.8 Å². The molecule has 0 saturated carbocycles. The zero-order valence-corrected chi connectivity index (χ0v) is 12.9. The molecule has 0 radical (unpaired) electrons. The zero-order valence-electron chi connectivity index (χ0n) is 12.9. The molecule has 1 unspecified atom stereocenters. The summed E-state index contributed by atoms with van der Waals surface area (Å²) in [7, 11) is 0. The van der Waals surface area contributed by atoms with Crippen LogP contribution in [0.5, 0.6) is 5.75 Å². The Bertz CT molecular complexity index is 640. The van der Waals surface area contributed by atoms with E-state index >= 15 is 0 Å². The molecule has 2 N–H and O–H groups in total. The number of carbonyl (C=O) groups excluding carboxylic acids is 1. The lowest BCUT2D eigenvalue weighted by Gasteiger charge is -2.16. The number of benzene rings is 2. The summed E-state index contributed by atoms with van der Waals surface area (Å²) in [5.41, 5.74) is 2.65. The molecule has 1 amide bonds. The number of nitrogens with one attached hydrogen (secondary N) is 1. The predicted octanol–water partition coefficient (Wildman–Crippen LogP) is 3.15. The number of hydrogen-bond acceptors (Lipinski definition) is 3. The lowest BCUT2D eigenvalue weighted by molar-refractivity contribution is -0.122. The number of anilines is 1. The summed E-state index contributed by atoms with van der Waals surface area (Å²) in [5, 5.41) is 12.0. The van der Waals surface area contributed by atoms with Crippen LogP contribution in [0.15, 0.2) is 48.5 Å². The van der Waals surface area contributed by atoms with Crippen LogP contribution in [0.3, 0.4) is 0 Å². The summed E-state index contributed by atoms with van der Waals surface area (Å²) in [5.74, 6) is 0.369. The second-order valence-electron chi connectivity index (χ2n) is 5.07. The van der Waals surface area contributed by atoms with Crippen molar-refractivity contribution in [2.24, 2.45) is 0 Å². The van der Waals surface area contributed by atoms with Gasteiger partial charge in [0.15, 0.2) is 6.10 Å². The molecule has 116 valence electrons. The quantitative estimate of drug-likeness (QED) is 0.861. The molecule has 0 aromatic heterocycles.